The molecule has 0 unspecified atom stereocenters. The highest BCUT2D eigenvalue weighted by molar-refractivity contribution is 5.66. The van der Waals surface area contributed by atoms with Crippen molar-refractivity contribution in [2.24, 2.45) is 5.92 Å². The van der Waals surface area contributed by atoms with Crippen molar-refractivity contribution in [3.63, 3.8) is 0 Å². The van der Waals surface area contributed by atoms with Gasteiger partial charge < -0.3 is 14.2 Å². The summed E-state index contributed by atoms with van der Waals surface area (Å²) < 4.78 is 82.1. The molecule has 33 heavy (non-hydrogen) atoms. The Morgan fingerprint density at radius 2 is 1.58 bits per heavy atom. The molecule has 3 rings (SSSR count). The molecule has 0 N–H and O–H groups in total. The lowest BCUT2D eigenvalue weighted by atomic mass is 9.99. The molecule has 1 fully saturated rings. The molecule has 1 aliphatic heterocycles. The lowest BCUT2D eigenvalue weighted by Crippen LogP contribution is -2.31. The van der Waals surface area contributed by atoms with Crippen LogP contribution in [-0.2, 0) is 15.9 Å². The second-order valence-electron chi connectivity index (χ2n) is 8.36. The maximum Gasteiger partial charge on any atom is 0.422 e. The molecule has 1 aliphatic rings. The third kappa shape index (κ3) is 7.96. The summed E-state index contributed by atoms with van der Waals surface area (Å²) >= 11 is 0. The van der Waals surface area contributed by atoms with Crippen LogP contribution >= 0.6 is 0 Å². The second kappa shape index (κ2) is 11.8. The quantitative estimate of drug-likeness (QED) is 0.273. The minimum atomic E-state index is -4.46. The molecule has 0 aromatic heterocycles. The maximum absolute atomic E-state index is 14.6. The average Bonchev–Trinajstić information content (AvgIpc) is 2.76. The van der Waals surface area contributed by atoms with Gasteiger partial charge in [-0.25, -0.2) is 8.78 Å². The lowest BCUT2D eigenvalue weighted by molar-refractivity contribution is -0.204. The first-order valence-corrected chi connectivity index (χ1v) is 11.3. The van der Waals surface area contributed by atoms with Crippen LogP contribution in [0.25, 0.3) is 11.1 Å². The van der Waals surface area contributed by atoms with Crippen LogP contribution in [-0.4, -0.2) is 32.3 Å². The highest BCUT2D eigenvalue weighted by atomic mass is 19.4. The van der Waals surface area contributed by atoms with Crippen molar-refractivity contribution in [2.45, 2.75) is 57.9 Å². The Kier molecular flexibility index (Phi) is 9.09. The summed E-state index contributed by atoms with van der Waals surface area (Å²) in [5.74, 6) is -0.996. The topological polar surface area (TPSA) is 27.7 Å². The van der Waals surface area contributed by atoms with Gasteiger partial charge in [-0.1, -0.05) is 25.5 Å². The number of alkyl halides is 3. The fourth-order valence-corrected chi connectivity index (χ4v) is 3.89. The van der Waals surface area contributed by atoms with E-state index in [4.69, 9.17) is 9.47 Å². The highest BCUT2D eigenvalue weighted by Gasteiger charge is 2.28. The predicted molar refractivity (Wildman–Crippen MR) is 115 cm³/mol. The van der Waals surface area contributed by atoms with Gasteiger partial charge in [0.05, 0.1) is 18.8 Å². The van der Waals surface area contributed by atoms with Crippen LogP contribution in [0.15, 0.2) is 36.4 Å². The third-order valence-electron chi connectivity index (χ3n) is 5.54. The molecular formula is C25H29F5O3. The van der Waals surface area contributed by atoms with Crippen LogP contribution in [0.4, 0.5) is 22.0 Å². The van der Waals surface area contributed by atoms with E-state index in [0.29, 0.717) is 31.1 Å². The number of benzene rings is 2. The van der Waals surface area contributed by atoms with E-state index in [1.54, 1.807) is 0 Å². The van der Waals surface area contributed by atoms with Gasteiger partial charge >= 0.3 is 6.18 Å². The molecule has 182 valence electrons. The highest BCUT2D eigenvalue weighted by Crippen LogP contribution is 2.30. The number of hydrogen-bond donors (Lipinski definition) is 0. The van der Waals surface area contributed by atoms with Crippen molar-refractivity contribution in [3.05, 3.63) is 53.6 Å². The van der Waals surface area contributed by atoms with Crippen molar-refractivity contribution in [1.82, 2.24) is 0 Å². The van der Waals surface area contributed by atoms with Gasteiger partial charge in [0.25, 0.3) is 0 Å². The summed E-state index contributed by atoms with van der Waals surface area (Å²) in [4.78, 5) is 0. The molecule has 0 spiro atoms. The summed E-state index contributed by atoms with van der Waals surface area (Å²) in [5, 5.41) is 0. The van der Waals surface area contributed by atoms with Gasteiger partial charge in [-0.3, -0.25) is 0 Å². The molecule has 0 amide bonds. The predicted octanol–water partition coefficient (Wildman–Crippen LogP) is 7.07. The van der Waals surface area contributed by atoms with E-state index in [1.165, 1.54) is 36.4 Å². The summed E-state index contributed by atoms with van der Waals surface area (Å²) in [6.45, 7) is 2.14. The summed E-state index contributed by atoms with van der Waals surface area (Å²) in [5.41, 5.74) is 0.558. The Balaban J connectivity index is 1.50. The zero-order valence-corrected chi connectivity index (χ0v) is 18.6. The summed E-state index contributed by atoms with van der Waals surface area (Å²) in [6.07, 6.45) is 0.344. The fourth-order valence-electron chi connectivity index (χ4n) is 3.89. The Morgan fingerprint density at radius 1 is 0.939 bits per heavy atom. The first-order valence-electron chi connectivity index (χ1n) is 11.3. The van der Waals surface area contributed by atoms with Gasteiger partial charge in [-0.2, -0.15) is 13.2 Å². The molecule has 2 aromatic rings. The second-order valence-corrected chi connectivity index (χ2v) is 8.36. The van der Waals surface area contributed by atoms with Crippen LogP contribution in [0, 0.1) is 17.6 Å². The van der Waals surface area contributed by atoms with Crippen molar-refractivity contribution < 1.29 is 36.2 Å². The zero-order chi connectivity index (χ0) is 23.8. The minimum Gasteiger partial charge on any atom is -0.484 e. The molecule has 0 atom stereocenters. The third-order valence-corrected chi connectivity index (χ3v) is 5.54. The van der Waals surface area contributed by atoms with Gasteiger partial charge in [0.2, 0.25) is 0 Å². The average molecular weight is 472 g/mol. The molecular weight excluding hydrogens is 443 g/mol. The Bertz CT molecular complexity index is 852. The van der Waals surface area contributed by atoms with E-state index >= 15 is 0 Å². The van der Waals surface area contributed by atoms with Crippen LogP contribution < -0.4 is 4.74 Å². The lowest BCUT2D eigenvalue weighted by Gasteiger charge is -2.29. The molecule has 8 heteroatoms. The monoisotopic (exact) mass is 472 g/mol. The molecule has 3 nitrogen and oxygen atoms in total. The summed E-state index contributed by atoms with van der Waals surface area (Å²) in [7, 11) is 0. The standard InChI is InChI=1S/C25H29F5O3/c1-2-5-18-14-31-23(32-15-18)7-4-3-6-17-12-21(26)24(22(27)13-17)19-8-10-20(11-9-19)33-16-25(28,29)30/h8-13,18,23H,2-7,14-16H2,1H3. The molecule has 0 radical (unpaired) electrons. The number of aryl methyl sites for hydroxylation is 1. The van der Waals surface area contributed by atoms with Crippen LogP contribution in [0.2, 0.25) is 0 Å². The number of ether oxygens (including phenoxy) is 3. The van der Waals surface area contributed by atoms with Gasteiger partial charge in [0, 0.05) is 5.92 Å². The van der Waals surface area contributed by atoms with Crippen LogP contribution in [0.1, 0.15) is 44.6 Å². The molecule has 0 aliphatic carbocycles. The Morgan fingerprint density at radius 3 is 2.15 bits per heavy atom. The smallest absolute Gasteiger partial charge is 0.422 e. The summed E-state index contributed by atoms with van der Waals surface area (Å²) in [6, 6.07) is 7.79. The van der Waals surface area contributed by atoms with Crippen molar-refractivity contribution in [3.8, 4) is 16.9 Å². The minimum absolute atomic E-state index is 0.0275. The van der Waals surface area contributed by atoms with Crippen LogP contribution in [0.3, 0.4) is 0 Å². The van der Waals surface area contributed by atoms with E-state index in [2.05, 4.69) is 11.7 Å². The van der Waals surface area contributed by atoms with E-state index in [9.17, 15) is 22.0 Å². The van der Waals surface area contributed by atoms with E-state index < -0.39 is 24.4 Å². The van der Waals surface area contributed by atoms with Crippen molar-refractivity contribution >= 4 is 0 Å². The van der Waals surface area contributed by atoms with E-state index in [-0.39, 0.29) is 23.2 Å². The van der Waals surface area contributed by atoms with Gasteiger partial charge in [0.15, 0.2) is 12.9 Å². The molecule has 0 bridgehead atoms. The van der Waals surface area contributed by atoms with Crippen molar-refractivity contribution in [2.75, 3.05) is 19.8 Å². The fraction of sp³-hybridized carbons (Fsp3) is 0.520. The number of unbranched alkanes of at least 4 members (excludes halogenated alkanes) is 1. The Hall–Kier alpha value is -2.19. The largest absolute Gasteiger partial charge is 0.484 e. The normalized spacial score (nSPS) is 19.0. The number of halogens is 5. The SMILES string of the molecule is CCCC1COC(CCCCc2cc(F)c(-c3ccc(OCC(F)(F)F)cc3)c(F)c2)OC1. The first kappa shape index (κ1) is 25.4. The van der Waals surface area contributed by atoms with E-state index in [1.807, 2.05) is 0 Å². The molecule has 0 saturated carbocycles. The van der Waals surface area contributed by atoms with Gasteiger partial charge in [-0.15, -0.1) is 0 Å². The molecule has 2 aromatic carbocycles. The van der Waals surface area contributed by atoms with Crippen LogP contribution in [0.5, 0.6) is 5.75 Å². The van der Waals surface area contributed by atoms with Gasteiger partial charge in [-0.05, 0) is 67.5 Å². The molecule has 1 heterocycles. The number of rotatable bonds is 10. The molecule has 1 saturated heterocycles. The zero-order valence-electron chi connectivity index (χ0n) is 18.6. The number of hydrogen-bond acceptors (Lipinski definition) is 3. The van der Waals surface area contributed by atoms with Gasteiger partial charge in [0.1, 0.15) is 17.4 Å². The van der Waals surface area contributed by atoms with E-state index in [0.717, 1.165) is 32.1 Å². The van der Waals surface area contributed by atoms with Crippen molar-refractivity contribution in [1.29, 1.82) is 0 Å². The first-order chi connectivity index (χ1) is 15.7. The maximum atomic E-state index is 14.6. The Labute approximate surface area is 190 Å².